The van der Waals surface area contributed by atoms with E-state index in [0.717, 1.165) is 5.56 Å². The van der Waals surface area contributed by atoms with Crippen molar-refractivity contribution in [2.45, 2.75) is 32.4 Å². The van der Waals surface area contributed by atoms with E-state index in [0.29, 0.717) is 17.0 Å². The van der Waals surface area contributed by atoms with Crippen molar-refractivity contribution in [2.75, 3.05) is 19.0 Å². The van der Waals surface area contributed by atoms with Crippen LogP contribution in [0.25, 0.3) is 0 Å². The molecule has 1 aliphatic rings. The number of hydrogen-bond acceptors (Lipinski definition) is 5. The van der Waals surface area contributed by atoms with Crippen LogP contribution in [0.4, 0.5) is 10.5 Å². The van der Waals surface area contributed by atoms with Crippen molar-refractivity contribution in [3.8, 4) is 5.75 Å². The normalized spacial score (nSPS) is 20.2. The highest BCUT2D eigenvalue weighted by Crippen LogP contribution is 2.42. The summed E-state index contributed by atoms with van der Waals surface area (Å²) < 4.78 is 10.4. The second-order valence-corrected chi connectivity index (χ2v) is 7.37. The summed E-state index contributed by atoms with van der Waals surface area (Å²) in [5.41, 5.74) is 2.19. The van der Waals surface area contributed by atoms with E-state index >= 15 is 0 Å². The van der Waals surface area contributed by atoms with E-state index in [1.807, 2.05) is 19.1 Å². The largest absolute Gasteiger partial charge is 0.497 e. The van der Waals surface area contributed by atoms with Gasteiger partial charge >= 0.3 is 18.0 Å². The minimum absolute atomic E-state index is 0.0355. The standard InChI is InChI=1S/C23H26N2O6/c1-4-31-22(28)18-13-19(21(26)27)25(20(18)15-7-11-17(30-3)12-8-15)23(29)24-16-9-5-14(2)6-10-16/h5-12,18-20H,4,13H2,1-3H3,(H,24,29)(H,26,27). The number of hydrogen-bond donors (Lipinski definition) is 2. The van der Waals surface area contributed by atoms with Gasteiger partial charge in [-0.25, -0.2) is 9.59 Å². The number of nitrogens with one attached hydrogen (secondary N) is 1. The second-order valence-electron chi connectivity index (χ2n) is 7.37. The first kappa shape index (κ1) is 22.1. The number of amides is 2. The molecule has 0 saturated carbocycles. The summed E-state index contributed by atoms with van der Waals surface area (Å²) >= 11 is 0. The minimum atomic E-state index is -1.18. The summed E-state index contributed by atoms with van der Waals surface area (Å²) in [5, 5.41) is 12.6. The molecule has 0 bridgehead atoms. The van der Waals surface area contributed by atoms with E-state index in [4.69, 9.17) is 9.47 Å². The Morgan fingerprint density at radius 2 is 1.74 bits per heavy atom. The van der Waals surface area contributed by atoms with Gasteiger partial charge in [-0.1, -0.05) is 29.8 Å². The predicted octanol–water partition coefficient (Wildman–Crippen LogP) is 3.62. The molecule has 8 nitrogen and oxygen atoms in total. The highest BCUT2D eigenvalue weighted by atomic mass is 16.5. The number of carbonyl (C=O) groups excluding carboxylic acids is 2. The van der Waals surface area contributed by atoms with Crippen LogP contribution < -0.4 is 10.1 Å². The van der Waals surface area contributed by atoms with E-state index in [1.165, 1.54) is 12.0 Å². The lowest BCUT2D eigenvalue weighted by Gasteiger charge is -2.30. The van der Waals surface area contributed by atoms with Crippen molar-refractivity contribution in [1.82, 2.24) is 4.90 Å². The molecule has 31 heavy (non-hydrogen) atoms. The number of anilines is 1. The average molecular weight is 426 g/mol. The number of carboxylic acids is 1. The fourth-order valence-electron chi connectivity index (χ4n) is 3.85. The number of aliphatic carboxylic acids is 1. The Labute approximate surface area is 180 Å². The molecule has 0 aromatic heterocycles. The Morgan fingerprint density at radius 1 is 1.10 bits per heavy atom. The number of likely N-dealkylation sites (tertiary alicyclic amines) is 1. The van der Waals surface area contributed by atoms with Gasteiger partial charge in [-0.05, 0) is 50.1 Å². The molecule has 3 rings (SSSR count). The molecule has 1 saturated heterocycles. The number of esters is 1. The monoisotopic (exact) mass is 426 g/mol. The molecule has 2 N–H and O–H groups in total. The highest BCUT2D eigenvalue weighted by molar-refractivity contribution is 5.94. The van der Waals surface area contributed by atoms with Gasteiger partial charge in [0.25, 0.3) is 0 Å². The molecule has 2 aromatic rings. The van der Waals surface area contributed by atoms with Crippen LogP contribution >= 0.6 is 0 Å². The molecule has 1 fully saturated rings. The topological polar surface area (TPSA) is 105 Å². The number of ether oxygens (including phenoxy) is 2. The van der Waals surface area contributed by atoms with Crippen LogP contribution in [0.3, 0.4) is 0 Å². The van der Waals surface area contributed by atoms with E-state index in [2.05, 4.69) is 5.32 Å². The first-order valence-electron chi connectivity index (χ1n) is 10.0. The lowest BCUT2D eigenvalue weighted by Crippen LogP contribution is -2.44. The van der Waals surface area contributed by atoms with Gasteiger partial charge in [-0.15, -0.1) is 0 Å². The Balaban J connectivity index is 2.00. The lowest BCUT2D eigenvalue weighted by atomic mass is 9.93. The SMILES string of the molecule is CCOC(=O)C1CC(C(=O)O)N(C(=O)Nc2ccc(C)cc2)C1c1ccc(OC)cc1. The van der Waals surface area contributed by atoms with E-state index in [9.17, 15) is 19.5 Å². The summed E-state index contributed by atoms with van der Waals surface area (Å²) in [6, 6.07) is 11.5. The van der Waals surface area contributed by atoms with Crippen LogP contribution in [0.2, 0.25) is 0 Å². The van der Waals surface area contributed by atoms with Crippen LogP contribution in [-0.4, -0.2) is 47.7 Å². The zero-order valence-corrected chi connectivity index (χ0v) is 17.7. The lowest BCUT2D eigenvalue weighted by molar-refractivity contribution is -0.148. The first-order valence-corrected chi connectivity index (χ1v) is 10.0. The summed E-state index contributed by atoms with van der Waals surface area (Å²) in [7, 11) is 1.54. The molecule has 8 heteroatoms. The number of nitrogens with zero attached hydrogens (tertiary/aromatic N) is 1. The summed E-state index contributed by atoms with van der Waals surface area (Å²) in [6.07, 6.45) is -0.0355. The van der Waals surface area contributed by atoms with Gasteiger partial charge in [-0.3, -0.25) is 4.79 Å². The fourth-order valence-corrected chi connectivity index (χ4v) is 3.85. The third kappa shape index (κ3) is 4.79. The molecule has 1 aliphatic heterocycles. The van der Waals surface area contributed by atoms with Crippen molar-refractivity contribution in [1.29, 1.82) is 0 Å². The third-order valence-corrected chi connectivity index (χ3v) is 5.36. The van der Waals surface area contributed by atoms with Gasteiger partial charge in [0, 0.05) is 5.69 Å². The van der Waals surface area contributed by atoms with Crippen LogP contribution in [0.5, 0.6) is 5.75 Å². The summed E-state index contributed by atoms with van der Waals surface area (Å²) in [4.78, 5) is 39.2. The van der Waals surface area contributed by atoms with E-state index in [1.54, 1.807) is 43.3 Å². The van der Waals surface area contributed by atoms with Crippen LogP contribution in [0.15, 0.2) is 48.5 Å². The number of aryl methyl sites for hydroxylation is 1. The van der Waals surface area contributed by atoms with Gasteiger partial charge in [0.1, 0.15) is 11.8 Å². The molecule has 0 aliphatic carbocycles. The van der Waals surface area contributed by atoms with Gasteiger partial charge in [0.15, 0.2) is 0 Å². The number of methoxy groups -OCH3 is 1. The van der Waals surface area contributed by atoms with Crippen molar-refractivity contribution >= 4 is 23.7 Å². The number of carbonyl (C=O) groups is 3. The summed E-state index contributed by atoms with van der Waals surface area (Å²) in [5.74, 6) is -1.90. The highest BCUT2D eigenvalue weighted by Gasteiger charge is 2.51. The smallest absolute Gasteiger partial charge is 0.326 e. The molecule has 2 amide bonds. The van der Waals surface area contributed by atoms with Crippen molar-refractivity contribution < 1.29 is 29.0 Å². The van der Waals surface area contributed by atoms with E-state index < -0.39 is 36.0 Å². The average Bonchev–Trinajstić information content (AvgIpc) is 3.17. The Bertz CT molecular complexity index is 942. The molecule has 0 spiro atoms. The third-order valence-electron chi connectivity index (χ3n) is 5.36. The quantitative estimate of drug-likeness (QED) is 0.684. The van der Waals surface area contributed by atoms with Gasteiger partial charge < -0.3 is 24.8 Å². The minimum Gasteiger partial charge on any atom is -0.497 e. The number of carboxylic acid groups (broad SMARTS) is 1. The van der Waals surface area contributed by atoms with Crippen LogP contribution in [-0.2, 0) is 14.3 Å². The Morgan fingerprint density at radius 3 is 2.29 bits per heavy atom. The molecular weight excluding hydrogens is 400 g/mol. The molecule has 3 atom stereocenters. The maximum absolute atomic E-state index is 13.2. The molecule has 164 valence electrons. The van der Waals surface area contributed by atoms with Crippen LogP contribution in [0.1, 0.15) is 30.5 Å². The molecule has 3 unspecified atom stereocenters. The molecule has 2 aromatic carbocycles. The van der Waals surface area contributed by atoms with Gasteiger partial charge in [0.2, 0.25) is 0 Å². The van der Waals surface area contributed by atoms with Crippen LogP contribution in [0, 0.1) is 12.8 Å². The maximum atomic E-state index is 13.2. The second kappa shape index (κ2) is 9.51. The number of benzene rings is 2. The molecular formula is C23H26N2O6. The Kier molecular flexibility index (Phi) is 6.79. The predicted molar refractivity (Wildman–Crippen MR) is 114 cm³/mol. The van der Waals surface area contributed by atoms with Crippen molar-refractivity contribution in [3.05, 3.63) is 59.7 Å². The molecule has 0 radical (unpaired) electrons. The zero-order valence-electron chi connectivity index (χ0n) is 17.7. The Hall–Kier alpha value is -3.55. The zero-order chi connectivity index (χ0) is 22.5. The fraction of sp³-hybridized carbons (Fsp3) is 0.348. The van der Waals surface area contributed by atoms with Crippen molar-refractivity contribution in [2.24, 2.45) is 5.92 Å². The number of rotatable bonds is 6. The van der Waals surface area contributed by atoms with Gasteiger partial charge in [-0.2, -0.15) is 0 Å². The first-order chi connectivity index (χ1) is 14.8. The van der Waals surface area contributed by atoms with E-state index in [-0.39, 0.29) is 13.0 Å². The van der Waals surface area contributed by atoms with Crippen molar-refractivity contribution in [3.63, 3.8) is 0 Å². The maximum Gasteiger partial charge on any atom is 0.326 e. The number of urea groups is 1. The molecule has 1 heterocycles. The summed E-state index contributed by atoms with van der Waals surface area (Å²) in [6.45, 7) is 3.78. The van der Waals surface area contributed by atoms with Gasteiger partial charge in [0.05, 0.1) is 25.7 Å².